The molecule has 28 heavy (non-hydrogen) atoms. The molecule has 8 heteroatoms. The molecule has 4 rings (SSSR count). The lowest BCUT2D eigenvalue weighted by Gasteiger charge is -2.52. The Hall–Kier alpha value is -2.74. The molecule has 2 amide bonds. The molecule has 2 fully saturated rings. The molecule has 0 radical (unpaired) electrons. The third-order valence-corrected chi connectivity index (χ3v) is 5.87. The number of pyridine rings is 1. The first-order valence-electron chi connectivity index (χ1n) is 9.58. The third kappa shape index (κ3) is 3.17. The summed E-state index contributed by atoms with van der Waals surface area (Å²) in [5, 5.41) is 11.3. The Labute approximate surface area is 161 Å². The highest BCUT2D eigenvalue weighted by Gasteiger charge is 2.50. The van der Waals surface area contributed by atoms with Gasteiger partial charge in [-0.1, -0.05) is 6.92 Å². The van der Waals surface area contributed by atoms with Gasteiger partial charge in [0.1, 0.15) is 5.60 Å². The lowest BCUT2D eigenvalue weighted by Crippen LogP contribution is -2.68. The summed E-state index contributed by atoms with van der Waals surface area (Å²) in [5.74, 6) is -0.274. The summed E-state index contributed by atoms with van der Waals surface area (Å²) in [6.45, 7) is 3.53. The van der Waals surface area contributed by atoms with E-state index in [1.54, 1.807) is 6.07 Å². The molecule has 2 aromatic heterocycles. The predicted octanol–water partition coefficient (Wildman–Crippen LogP) is 1.02. The highest BCUT2D eigenvalue weighted by atomic mass is 16.3. The van der Waals surface area contributed by atoms with E-state index in [1.807, 2.05) is 11.8 Å². The second-order valence-corrected chi connectivity index (χ2v) is 7.62. The zero-order valence-corrected chi connectivity index (χ0v) is 15.8. The van der Waals surface area contributed by atoms with Crippen LogP contribution in [0.2, 0.25) is 0 Å². The number of rotatable bonds is 3. The molecule has 2 aliphatic heterocycles. The number of carbonyl (C=O) groups is 2. The Morgan fingerprint density at radius 1 is 1.29 bits per heavy atom. The summed E-state index contributed by atoms with van der Waals surface area (Å²) in [6.07, 6.45) is 4.84. The van der Waals surface area contributed by atoms with Crippen molar-refractivity contribution in [3.63, 3.8) is 0 Å². The van der Waals surface area contributed by atoms with Crippen molar-refractivity contribution in [1.29, 1.82) is 0 Å². The van der Waals surface area contributed by atoms with Gasteiger partial charge in [0.25, 0.3) is 5.91 Å². The smallest absolute Gasteiger partial charge is 0.289 e. The van der Waals surface area contributed by atoms with E-state index < -0.39 is 11.5 Å². The average Bonchev–Trinajstić information content (AvgIpc) is 2.70. The van der Waals surface area contributed by atoms with E-state index in [4.69, 9.17) is 4.42 Å². The monoisotopic (exact) mass is 385 g/mol. The van der Waals surface area contributed by atoms with Gasteiger partial charge in [0.05, 0.1) is 24.7 Å². The number of β-amino-alcohol motifs (C(OH)–C–C–N with tert-alkyl or cyclic N) is 1. The van der Waals surface area contributed by atoms with E-state index in [-0.39, 0.29) is 41.7 Å². The molecule has 8 nitrogen and oxygen atoms in total. The SMILES string of the molecule is CCC(=O)N1CCC(C2(O)CN(C(=O)c3cc(=O)c4ccncc4o3)C2)CC1. The van der Waals surface area contributed by atoms with E-state index in [1.165, 1.54) is 23.4 Å². The van der Waals surface area contributed by atoms with Gasteiger partial charge in [-0.2, -0.15) is 0 Å². The van der Waals surface area contributed by atoms with Crippen molar-refractivity contribution in [3.05, 3.63) is 40.5 Å². The zero-order chi connectivity index (χ0) is 19.9. The van der Waals surface area contributed by atoms with Gasteiger partial charge >= 0.3 is 0 Å². The van der Waals surface area contributed by atoms with Gasteiger partial charge in [-0.15, -0.1) is 0 Å². The van der Waals surface area contributed by atoms with Crippen LogP contribution in [0.4, 0.5) is 0 Å². The summed E-state index contributed by atoms with van der Waals surface area (Å²) >= 11 is 0. The summed E-state index contributed by atoms with van der Waals surface area (Å²) in [4.78, 5) is 43.9. The summed E-state index contributed by atoms with van der Waals surface area (Å²) in [7, 11) is 0. The maximum Gasteiger partial charge on any atom is 0.289 e. The van der Waals surface area contributed by atoms with Crippen LogP contribution in [0.1, 0.15) is 36.7 Å². The Morgan fingerprint density at radius 2 is 2.00 bits per heavy atom. The Morgan fingerprint density at radius 3 is 2.68 bits per heavy atom. The molecule has 1 N–H and O–H groups in total. The molecule has 2 aromatic rings. The minimum atomic E-state index is -0.949. The molecule has 0 spiro atoms. The van der Waals surface area contributed by atoms with Crippen molar-refractivity contribution in [3.8, 4) is 0 Å². The Bertz CT molecular complexity index is 971. The van der Waals surface area contributed by atoms with Crippen LogP contribution in [-0.4, -0.2) is 63.5 Å². The van der Waals surface area contributed by atoms with Crippen molar-refractivity contribution in [1.82, 2.24) is 14.8 Å². The minimum absolute atomic E-state index is 0.0455. The van der Waals surface area contributed by atoms with Crippen LogP contribution in [-0.2, 0) is 4.79 Å². The maximum atomic E-state index is 12.7. The van der Waals surface area contributed by atoms with Crippen LogP contribution in [0.15, 0.2) is 33.7 Å². The zero-order valence-electron chi connectivity index (χ0n) is 15.8. The van der Waals surface area contributed by atoms with Crippen LogP contribution in [0.3, 0.4) is 0 Å². The number of aliphatic hydroxyl groups is 1. The number of hydrogen-bond donors (Lipinski definition) is 1. The standard InChI is InChI=1S/C20H23N3O5/c1-2-18(25)22-7-4-13(5-8-22)20(27)11-23(12-20)19(26)16-9-15(24)14-3-6-21-10-17(14)28-16/h3,6,9-10,13,27H,2,4-5,7-8,11-12H2,1H3. The van der Waals surface area contributed by atoms with Crippen molar-refractivity contribution >= 4 is 22.8 Å². The molecule has 4 heterocycles. The van der Waals surface area contributed by atoms with Crippen LogP contribution >= 0.6 is 0 Å². The van der Waals surface area contributed by atoms with E-state index in [0.29, 0.717) is 24.9 Å². The van der Waals surface area contributed by atoms with Crippen molar-refractivity contribution in [2.75, 3.05) is 26.2 Å². The lowest BCUT2D eigenvalue weighted by molar-refractivity contribution is -0.144. The molecule has 0 bridgehead atoms. The summed E-state index contributed by atoms with van der Waals surface area (Å²) in [6, 6.07) is 2.74. The largest absolute Gasteiger partial charge is 0.449 e. The predicted molar refractivity (Wildman–Crippen MR) is 101 cm³/mol. The van der Waals surface area contributed by atoms with Crippen LogP contribution < -0.4 is 5.43 Å². The number of hydrogen-bond acceptors (Lipinski definition) is 6. The fourth-order valence-electron chi connectivity index (χ4n) is 4.18. The Kier molecular flexibility index (Phi) is 4.66. The first-order chi connectivity index (χ1) is 13.4. The molecule has 0 atom stereocenters. The fourth-order valence-corrected chi connectivity index (χ4v) is 4.18. The van der Waals surface area contributed by atoms with Gasteiger partial charge in [0.2, 0.25) is 5.91 Å². The average molecular weight is 385 g/mol. The van der Waals surface area contributed by atoms with Gasteiger partial charge in [0, 0.05) is 31.8 Å². The first kappa shape index (κ1) is 18.6. The number of nitrogens with zero attached hydrogens (tertiary/aromatic N) is 3. The molecular weight excluding hydrogens is 362 g/mol. The molecule has 2 saturated heterocycles. The number of carbonyl (C=O) groups excluding carboxylic acids is 2. The van der Waals surface area contributed by atoms with Gasteiger partial charge in [-0.05, 0) is 24.8 Å². The normalized spacial score (nSPS) is 19.5. The quantitative estimate of drug-likeness (QED) is 0.846. The summed E-state index contributed by atoms with van der Waals surface area (Å²) < 4.78 is 5.55. The summed E-state index contributed by atoms with van der Waals surface area (Å²) in [5.41, 5.74) is -0.978. The highest BCUT2D eigenvalue weighted by molar-refractivity contribution is 5.93. The maximum absolute atomic E-state index is 12.7. The van der Waals surface area contributed by atoms with E-state index in [0.717, 1.165) is 12.8 Å². The van der Waals surface area contributed by atoms with Crippen LogP contribution in [0, 0.1) is 5.92 Å². The van der Waals surface area contributed by atoms with Gasteiger partial charge in [-0.3, -0.25) is 19.4 Å². The fraction of sp³-hybridized carbons (Fsp3) is 0.500. The van der Waals surface area contributed by atoms with Gasteiger partial charge in [0.15, 0.2) is 16.8 Å². The Balaban J connectivity index is 1.41. The van der Waals surface area contributed by atoms with Crippen molar-refractivity contribution in [2.45, 2.75) is 31.8 Å². The number of amides is 2. The van der Waals surface area contributed by atoms with E-state index in [9.17, 15) is 19.5 Å². The number of fused-ring (bicyclic) bond motifs is 1. The van der Waals surface area contributed by atoms with Crippen molar-refractivity contribution in [2.24, 2.45) is 5.92 Å². The molecule has 0 unspecified atom stereocenters. The lowest BCUT2D eigenvalue weighted by atomic mass is 9.75. The van der Waals surface area contributed by atoms with Crippen LogP contribution in [0.25, 0.3) is 11.0 Å². The minimum Gasteiger partial charge on any atom is -0.449 e. The van der Waals surface area contributed by atoms with Gasteiger partial charge < -0.3 is 19.3 Å². The second kappa shape index (κ2) is 7.01. The molecule has 2 aliphatic rings. The van der Waals surface area contributed by atoms with E-state index in [2.05, 4.69) is 4.98 Å². The molecule has 0 aliphatic carbocycles. The number of likely N-dealkylation sites (tertiary alicyclic amines) is 2. The van der Waals surface area contributed by atoms with Crippen molar-refractivity contribution < 1.29 is 19.1 Å². The molecule has 0 saturated carbocycles. The third-order valence-electron chi connectivity index (χ3n) is 5.87. The van der Waals surface area contributed by atoms with Gasteiger partial charge in [-0.25, -0.2) is 0 Å². The highest BCUT2D eigenvalue weighted by Crippen LogP contribution is 2.36. The molecule has 0 aromatic carbocycles. The topological polar surface area (TPSA) is 104 Å². The van der Waals surface area contributed by atoms with E-state index >= 15 is 0 Å². The number of piperidine rings is 1. The second-order valence-electron chi connectivity index (χ2n) is 7.62. The van der Waals surface area contributed by atoms with Crippen LogP contribution in [0.5, 0.6) is 0 Å². The molecular formula is C20H23N3O5. The number of aromatic nitrogens is 1. The molecule has 148 valence electrons. The first-order valence-corrected chi connectivity index (χ1v) is 9.58.